The van der Waals surface area contributed by atoms with Gasteiger partial charge in [0.05, 0.1) is 5.41 Å². The van der Waals surface area contributed by atoms with Gasteiger partial charge < -0.3 is 5.11 Å². The molecule has 0 aromatic rings. The van der Waals surface area contributed by atoms with Crippen LogP contribution in [0.15, 0.2) is 0 Å². The molecule has 0 saturated carbocycles. The lowest BCUT2D eigenvalue weighted by molar-refractivity contribution is -0.149. The first-order valence-electron chi connectivity index (χ1n) is 3.22. The molecule has 0 fully saturated rings. The van der Waals surface area contributed by atoms with Gasteiger partial charge in [-0.25, -0.2) is 0 Å². The summed E-state index contributed by atoms with van der Waals surface area (Å²) in [7, 11) is 0. The zero-order chi connectivity index (χ0) is 8.36. The van der Waals surface area contributed by atoms with Gasteiger partial charge in [0.1, 0.15) is 0 Å². The van der Waals surface area contributed by atoms with Crippen molar-refractivity contribution in [2.75, 3.05) is 5.88 Å². The van der Waals surface area contributed by atoms with Gasteiger partial charge in [-0.1, -0.05) is 6.92 Å². The van der Waals surface area contributed by atoms with Gasteiger partial charge in [-0.3, -0.25) is 4.79 Å². The third-order valence-electron chi connectivity index (χ3n) is 2.01. The first-order valence-corrected chi connectivity index (χ1v) is 3.75. The Balaban J connectivity index is 4.23. The predicted molar refractivity (Wildman–Crippen MR) is 41.3 cm³/mol. The molecule has 0 aliphatic carbocycles. The lowest BCUT2D eigenvalue weighted by Gasteiger charge is -2.24. The Morgan fingerprint density at radius 2 is 2.10 bits per heavy atom. The summed E-state index contributed by atoms with van der Waals surface area (Å²) in [5, 5.41) is 8.68. The van der Waals surface area contributed by atoms with E-state index >= 15 is 0 Å². The molecule has 0 rings (SSSR count). The number of hydrogen-bond donors (Lipinski definition) is 1. The number of carbonyl (C=O) groups is 1. The minimum Gasteiger partial charge on any atom is -0.481 e. The van der Waals surface area contributed by atoms with Gasteiger partial charge in [0.15, 0.2) is 0 Å². The number of carboxylic acids is 1. The van der Waals surface area contributed by atoms with Crippen LogP contribution in [-0.2, 0) is 4.79 Å². The van der Waals surface area contributed by atoms with Crippen molar-refractivity contribution in [1.82, 2.24) is 0 Å². The summed E-state index contributed by atoms with van der Waals surface area (Å²) in [5.41, 5.74) is -0.707. The average molecular weight is 165 g/mol. The maximum absolute atomic E-state index is 10.6. The highest BCUT2D eigenvalue weighted by molar-refractivity contribution is 6.18. The maximum Gasteiger partial charge on any atom is 0.309 e. The van der Waals surface area contributed by atoms with Gasteiger partial charge in [0, 0.05) is 5.88 Å². The number of carboxylic acid groups (broad SMARTS) is 1. The molecule has 0 spiro atoms. The van der Waals surface area contributed by atoms with E-state index in [2.05, 4.69) is 0 Å². The van der Waals surface area contributed by atoms with Crippen molar-refractivity contribution in [3.8, 4) is 0 Å². The van der Waals surface area contributed by atoms with Crippen molar-refractivity contribution in [2.24, 2.45) is 11.3 Å². The summed E-state index contributed by atoms with van der Waals surface area (Å²) < 4.78 is 0. The standard InChI is InChI=1S/C7H13ClO2/c1-5(4-8)7(2,3)6(9)10/h5H,4H2,1-3H3,(H,9,10). The smallest absolute Gasteiger partial charge is 0.309 e. The minimum atomic E-state index is -0.791. The van der Waals surface area contributed by atoms with Crippen molar-refractivity contribution in [2.45, 2.75) is 20.8 Å². The zero-order valence-electron chi connectivity index (χ0n) is 6.52. The van der Waals surface area contributed by atoms with Crippen molar-refractivity contribution in [3.05, 3.63) is 0 Å². The molecule has 1 N–H and O–H groups in total. The molecule has 0 aliphatic heterocycles. The lowest BCUT2D eigenvalue weighted by Crippen LogP contribution is -2.31. The average Bonchev–Trinajstić information content (AvgIpc) is 1.86. The van der Waals surface area contributed by atoms with Gasteiger partial charge in [-0.2, -0.15) is 0 Å². The molecule has 0 radical (unpaired) electrons. The SMILES string of the molecule is CC(CCl)C(C)(C)C(=O)O. The topological polar surface area (TPSA) is 37.3 Å². The van der Waals surface area contributed by atoms with Gasteiger partial charge >= 0.3 is 5.97 Å². The highest BCUT2D eigenvalue weighted by atomic mass is 35.5. The van der Waals surface area contributed by atoms with E-state index < -0.39 is 11.4 Å². The molecular weight excluding hydrogens is 152 g/mol. The molecule has 0 heterocycles. The second kappa shape index (κ2) is 3.24. The Hall–Kier alpha value is -0.240. The van der Waals surface area contributed by atoms with E-state index in [-0.39, 0.29) is 5.92 Å². The van der Waals surface area contributed by atoms with Crippen LogP contribution in [0.2, 0.25) is 0 Å². The summed E-state index contributed by atoms with van der Waals surface area (Å²) >= 11 is 5.52. The van der Waals surface area contributed by atoms with Gasteiger partial charge in [-0.05, 0) is 19.8 Å². The van der Waals surface area contributed by atoms with Crippen LogP contribution in [0.1, 0.15) is 20.8 Å². The van der Waals surface area contributed by atoms with E-state index in [1.165, 1.54) is 0 Å². The Morgan fingerprint density at radius 1 is 1.70 bits per heavy atom. The Bertz CT molecular complexity index is 132. The number of aliphatic carboxylic acids is 1. The molecule has 10 heavy (non-hydrogen) atoms. The van der Waals surface area contributed by atoms with E-state index in [0.717, 1.165) is 0 Å². The van der Waals surface area contributed by atoms with Crippen molar-refractivity contribution in [3.63, 3.8) is 0 Å². The number of hydrogen-bond acceptors (Lipinski definition) is 1. The normalized spacial score (nSPS) is 14.8. The monoisotopic (exact) mass is 164 g/mol. The molecule has 1 unspecified atom stereocenters. The quantitative estimate of drug-likeness (QED) is 0.648. The lowest BCUT2D eigenvalue weighted by atomic mass is 9.81. The van der Waals surface area contributed by atoms with E-state index in [9.17, 15) is 4.79 Å². The van der Waals surface area contributed by atoms with Gasteiger partial charge in [0.2, 0.25) is 0 Å². The molecule has 0 aromatic heterocycles. The van der Waals surface area contributed by atoms with Crippen LogP contribution in [0, 0.1) is 11.3 Å². The second-order valence-electron chi connectivity index (χ2n) is 3.08. The minimum absolute atomic E-state index is 0.00617. The number of rotatable bonds is 3. The number of alkyl halides is 1. The maximum atomic E-state index is 10.6. The zero-order valence-corrected chi connectivity index (χ0v) is 7.27. The molecule has 1 atom stereocenters. The van der Waals surface area contributed by atoms with Gasteiger partial charge in [-0.15, -0.1) is 11.6 Å². The highest BCUT2D eigenvalue weighted by Crippen LogP contribution is 2.27. The Labute approximate surface area is 66.2 Å². The van der Waals surface area contributed by atoms with Crippen LogP contribution in [0.4, 0.5) is 0 Å². The second-order valence-corrected chi connectivity index (χ2v) is 3.39. The van der Waals surface area contributed by atoms with Crippen LogP contribution in [0.5, 0.6) is 0 Å². The van der Waals surface area contributed by atoms with Crippen molar-refractivity contribution in [1.29, 1.82) is 0 Å². The van der Waals surface area contributed by atoms with E-state index in [1.54, 1.807) is 13.8 Å². The third-order valence-corrected chi connectivity index (χ3v) is 2.48. The summed E-state index contributed by atoms with van der Waals surface area (Å²) in [4.78, 5) is 10.6. The fraction of sp³-hybridized carbons (Fsp3) is 0.857. The van der Waals surface area contributed by atoms with Crippen LogP contribution < -0.4 is 0 Å². The molecule has 0 aliphatic rings. The van der Waals surface area contributed by atoms with Crippen LogP contribution in [0.3, 0.4) is 0 Å². The molecule has 2 nitrogen and oxygen atoms in total. The molecular formula is C7H13ClO2. The van der Waals surface area contributed by atoms with Crippen molar-refractivity contribution >= 4 is 17.6 Å². The summed E-state index contributed by atoms with van der Waals surface area (Å²) in [6.45, 7) is 5.20. The fourth-order valence-electron chi connectivity index (χ4n) is 0.404. The summed E-state index contributed by atoms with van der Waals surface area (Å²) in [5.74, 6) is -0.397. The predicted octanol–water partition coefficient (Wildman–Crippen LogP) is 1.97. The largest absolute Gasteiger partial charge is 0.481 e. The van der Waals surface area contributed by atoms with E-state index in [0.29, 0.717) is 5.88 Å². The Kier molecular flexibility index (Phi) is 3.16. The fourth-order valence-corrected chi connectivity index (χ4v) is 0.789. The van der Waals surface area contributed by atoms with E-state index in [1.807, 2.05) is 6.92 Å². The van der Waals surface area contributed by atoms with Crippen LogP contribution in [-0.4, -0.2) is 17.0 Å². The highest BCUT2D eigenvalue weighted by Gasteiger charge is 2.32. The summed E-state index contributed by atoms with van der Waals surface area (Å²) in [6.07, 6.45) is 0. The first kappa shape index (κ1) is 9.76. The van der Waals surface area contributed by atoms with E-state index in [4.69, 9.17) is 16.7 Å². The third kappa shape index (κ3) is 1.87. The van der Waals surface area contributed by atoms with Gasteiger partial charge in [0.25, 0.3) is 0 Å². The van der Waals surface area contributed by atoms with Crippen LogP contribution >= 0.6 is 11.6 Å². The molecule has 0 aromatic carbocycles. The van der Waals surface area contributed by atoms with Crippen LogP contribution in [0.25, 0.3) is 0 Å². The molecule has 0 saturated heterocycles. The summed E-state index contributed by atoms with van der Waals surface area (Å²) in [6, 6.07) is 0. The molecule has 0 amide bonds. The van der Waals surface area contributed by atoms with Crippen molar-refractivity contribution < 1.29 is 9.90 Å². The first-order chi connectivity index (χ1) is 4.42. The molecule has 0 bridgehead atoms. The molecule has 60 valence electrons. The molecule has 3 heteroatoms. The Morgan fingerprint density at radius 3 is 2.20 bits per heavy atom. The number of halogens is 1.